The number of rotatable bonds is 5. The molecule has 4 nitrogen and oxygen atoms in total. The molecular weight excluding hydrogens is 208 g/mol. The van der Waals surface area contributed by atoms with Gasteiger partial charge in [-0.25, -0.2) is 4.98 Å². The fourth-order valence-corrected chi connectivity index (χ4v) is 3.10. The van der Waals surface area contributed by atoms with Crippen LogP contribution in [0.3, 0.4) is 0 Å². The van der Waals surface area contributed by atoms with Crippen LogP contribution in [0.1, 0.15) is 32.6 Å². The summed E-state index contributed by atoms with van der Waals surface area (Å²) in [6.07, 6.45) is 6.63. The maximum atomic E-state index is 4.14. The quantitative estimate of drug-likeness (QED) is 0.804. The van der Waals surface area contributed by atoms with Crippen LogP contribution in [-0.2, 0) is 0 Å². The molecule has 5 heteroatoms. The first-order valence-corrected chi connectivity index (χ1v) is 6.52. The third kappa shape index (κ3) is 3.21. The van der Waals surface area contributed by atoms with Crippen molar-refractivity contribution >= 4 is 11.8 Å². The Balaban J connectivity index is 1.73. The molecule has 0 spiro atoms. The van der Waals surface area contributed by atoms with E-state index in [1.807, 2.05) is 11.8 Å². The number of H-pyrrole nitrogens is 1. The van der Waals surface area contributed by atoms with Crippen molar-refractivity contribution in [2.24, 2.45) is 0 Å². The van der Waals surface area contributed by atoms with Crippen molar-refractivity contribution in [3.8, 4) is 0 Å². The minimum Gasteiger partial charge on any atom is -0.314 e. The fraction of sp³-hybridized carbons (Fsp3) is 0.800. The second-order valence-corrected chi connectivity index (χ2v) is 5.28. The van der Waals surface area contributed by atoms with E-state index in [0.717, 1.165) is 11.7 Å². The number of nitrogens with one attached hydrogen (secondary N) is 2. The lowest BCUT2D eigenvalue weighted by molar-refractivity contribution is 0.524. The molecule has 2 N–H and O–H groups in total. The molecule has 1 aliphatic rings. The molecule has 1 aliphatic carbocycles. The molecule has 84 valence electrons. The van der Waals surface area contributed by atoms with E-state index >= 15 is 0 Å². The fourth-order valence-electron chi connectivity index (χ4n) is 1.99. The second kappa shape index (κ2) is 5.51. The summed E-state index contributed by atoms with van der Waals surface area (Å²) in [7, 11) is 0. The average Bonchev–Trinajstić information content (AvgIpc) is 2.87. The van der Waals surface area contributed by atoms with Crippen LogP contribution in [0.5, 0.6) is 0 Å². The molecule has 0 radical (unpaired) electrons. The summed E-state index contributed by atoms with van der Waals surface area (Å²) in [4.78, 5) is 4.14. The van der Waals surface area contributed by atoms with Crippen LogP contribution in [0, 0.1) is 0 Å². The maximum absolute atomic E-state index is 4.14. The summed E-state index contributed by atoms with van der Waals surface area (Å²) in [6.45, 7) is 3.35. The smallest absolute Gasteiger partial charge is 0.183 e. The number of hydrogen-bond donors (Lipinski definition) is 2. The van der Waals surface area contributed by atoms with Crippen LogP contribution in [-0.4, -0.2) is 33.0 Å². The number of aromatic amines is 1. The van der Waals surface area contributed by atoms with E-state index in [0.29, 0.717) is 11.3 Å². The monoisotopic (exact) mass is 226 g/mol. The highest BCUT2D eigenvalue weighted by molar-refractivity contribution is 7.99. The Morgan fingerprint density at radius 3 is 3.27 bits per heavy atom. The third-order valence-corrected chi connectivity index (χ3v) is 3.92. The molecule has 2 unspecified atom stereocenters. The molecule has 1 heterocycles. The first-order valence-electron chi connectivity index (χ1n) is 5.64. The second-order valence-electron chi connectivity index (χ2n) is 3.99. The highest BCUT2D eigenvalue weighted by Crippen LogP contribution is 2.32. The third-order valence-electron chi connectivity index (χ3n) is 2.74. The van der Waals surface area contributed by atoms with Crippen LogP contribution in [0.25, 0.3) is 0 Å². The minimum atomic E-state index is 0.701. The number of aromatic nitrogens is 3. The predicted molar refractivity (Wildman–Crippen MR) is 62.0 cm³/mol. The van der Waals surface area contributed by atoms with Crippen LogP contribution in [0.4, 0.5) is 0 Å². The van der Waals surface area contributed by atoms with Crippen LogP contribution < -0.4 is 5.32 Å². The number of hydrogen-bond acceptors (Lipinski definition) is 4. The summed E-state index contributed by atoms with van der Waals surface area (Å²) >= 11 is 1.83. The van der Waals surface area contributed by atoms with Crippen LogP contribution in [0.15, 0.2) is 11.5 Å². The first-order chi connectivity index (χ1) is 7.38. The van der Waals surface area contributed by atoms with Gasteiger partial charge in [-0.3, -0.25) is 5.10 Å². The van der Waals surface area contributed by atoms with Crippen molar-refractivity contribution in [1.82, 2.24) is 20.5 Å². The van der Waals surface area contributed by atoms with Gasteiger partial charge < -0.3 is 5.32 Å². The van der Waals surface area contributed by atoms with Crippen molar-refractivity contribution in [1.29, 1.82) is 0 Å². The highest BCUT2D eigenvalue weighted by atomic mass is 32.2. The van der Waals surface area contributed by atoms with Gasteiger partial charge in [0.15, 0.2) is 5.16 Å². The zero-order valence-corrected chi connectivity index (χ0v) is 9.89. The molecule has 0 aromatic carbocycles. The van der Waals surface area contributed by atoms with Gasteiger partial charge in [0.1, 0.15) is 6.33 Å². The Hall–Kier alpha value is -0.550. The van der Waals surface area contributed by atoms with Gasteiger partial charge in [-0.15, -0.1) is 0 Å². The molecule has 15 heavy (non-hydrogen) atoms. The van der Waals surface area contributed by atoms with Gasteiger partial charge >= 0.3 is 0 Å². The van der Waals surface area contributed by atoms with Gasteiger partial charge in [0.25, 0.3) is 0 Å². The summed E-state index contributed by atoms with van der Waals surface area (Å²) < 4.78 is 0. The molecule has 2 atom stereocenters. The van der Waals surface area contributed by atoms with Gasteiger partial charge in [0.05, 0.1) is 0 Å². The number of nitrogens with zero attached hydrogens (tertiary/aromatic N) is 2. The van der Waals surface area contributed by atoms with Crippen molar-refractivity contribution in [3.05, 3.63) is 6.33 Å². The van der Waals surface area contributed by atoms with Gasteiger partial charge in [-0.05, 0) is 32.2 Å². The lowest BCUT2D eigenvalue weighted by Gasteiger charge is -2.11. The Kier molecular flexibility index (Phi) is 4.02. The SMILES string of the molecule is CCCNC1CCC(Sc2ncn[nH]2)C1. The van der Waals surface area contributed by atoms with Gasteiger partial charge in [-0.2, -0.15) is 5.10 Å². The van der Waals surface area contributed by atoms with Crippen LogP contribution >= 0.6 is 11.8 Å². The van der Waals surface area contributed by atoms with E-state index in [9.17, 15) is 0 Å². The van der Waals surface area contributed by atoms with E-state index in [2.05, 4.69) is 27.4 Å². The zero-order valence-electron chi connectivity index (χ0n) is 9.07. The maximum Gasteiger partial charge on any atom is 0.183 e. The number of thioether (sulfide) groups is 1. The summed E-state index contributed by atoms with van der Waals surface area (Å²) in [5.74, 6) is 0. The van der Waals surface area contributed by atoms with Gasteiger partial charge in [0, 0.05) is 11.3 Å². The molecule has 0 saturated heterocycles. The van der Waals surface area contributed by atoms with Crippen molar-refractivity contribution in [2.45, 2.75) is 49.1 Å². The van der Waals surface area contributed by atoms with Crippen molar-refractivity contribution in [3.63, 3.8) is 0 Å². The molecule has 1 saturated carbocycles. The normalized spacial score (nSPS) is 25.9. The Bertz CT molecular complexity index is 275. The average molecular weight is 226 g/mol. The molecule has 2 rings (SSSR count). The van der Waals surface area contributed by atoms with Gasteiger partial charge in [-0.1, -0.05) is 18.7 Å². The van der Waals surface area contributed by atoms with Crippen molar-refractivity contribution in [2.75, 3.05) is 6.54 Å². The molecule has 1 aromatic heterocycles. The molecule has 0 bridgehead atoms. The van der Waals surface area contributed by atoms with E-state index in [1.165, 1.54) is 25.7 Å². The topological polar surface area (TPSA) is 53.6 Å². The Labute approximate surface area is 94.6 Å². The lowest BCUT2D eigenvalue weighted by atomic mass is 10.2. The molecule has 0 amide bonds. The van der Waals surface area contributed by atoms with Crippen LogP contribution in [0.2, 0.25) is 0 Å². The minimum absolute atomic E-state index is 0.701. The van der Waals surface area contributed by atoms with E-state index in [1.54, 1.807) is 6.33 Å². The Morgan fingerprint density at radius 1 is 1.60 bits per heavy atom. The predicted octanol–water partition coefficient (Wildman–Crippen LogP) is 1.82. The van der Waals surface area contributed by atoms with Crippen molar-refractivity contribution < 1.29 is 0 Å². The lowest BCUT2D eigenvalue weighted by Crippen LogP contribution is -2.27. The standard InChI is InChI=1S/C10H18N4S/c1-2-5-11-8-3-4-9(6-8)15-10-12-7-13-14-10/h7-9,11H,2-6H2,1H3,(H,12,13,14). The summed E-state index contributed by atoms with van der Waals surface area (Å²) in [5.41, 5.74) is 0. The van der Waals surface area contributed by atoms with Gasteiger partial charge in [0.2, 0.25) is 0 Å². The Morgan fingerprint density at radius 2 is 2.53 bits per heavy atom. The largest absolute Gasteiger partial charge is 0.314 e. The molecular formula is C10H18N4S. The summed E-state index contributed by atoms with van der Waals surface area (Å²) in [5, 5.41) is 12.0. The van der Waals surface area contributed by atoms with E-state index in [4.69, 9.17) is 0 Å². The molecule has 1 fully saturated rings. The first kappa shape index (κ1) is 11.0. The summed E-state index contributed by atoms with van der Waals surface area (Å²) in [6, 6.07) is 0.713. The van der Waals surface area contributed by atoms with E-state index in [-0.39, 0.29) is 0 Å². The van der Waals surface area contributed by atoms with E-state index < -0.39 is 0 Å². The molecule has 0 aliphatic heterocycles. The highest BCUT2D eigenvalue weighted by Gasteiger charge is 2.25. The zero-order chi connectivity index (χ0) is 10.5. The molecule has 1 aromatic rings.